The number of hydrogen-bond donors (Lipinski definition) is 1. The minimum absolute atomic E-state index is 0.00901. The number of rotatable bonds is 7. The van der Waals surface area contributed by atoms with Crippen molar-refractivity contribution >= 4 is 11.8 Å². The number of hydrogen-bond acceptors (Lipinski definition) is 5. The van der Waals surface area contributed by atoms with Crippen LogP contribution in [-0.2, 0) is 24.3 Å². The minimum Gasteiger partial charge on any atom is -0.347 e. The summed E-state index contributed by atoms with van der Waals surface area (Å²) in [5, 5.41) is 10.5. The molecule has 1 atom stereocenters. The molecular formula is C22H22F2N6O2. The molecule has 3 heterocycles. The van der Waals surface area contributed by atoms with Gasteiger partial charge in [-0.1, -0.05) is 41.6 Å². The Morgan fingerprint density at radius 1 is 1.12 bits per heavy atom. The van der Waals surface area contributed by atoms with Crippen molar-refractivity contribution in [1.29, 1.82) is 0 Å². The maximum Gasteiger partial charge on any atom is 0.273 e. The molecule has 1 N–H and O–H groups in total. The van der Waals surface area contributed by atoms with Crippen LogP contribution in [-0.4, -0.2) is 55.2 Å². The molecule has 10 heteroatoms. The van der Waals surface area contributed by atoms with Gasteiger partial charge in [0.05, 0.1) is 31.7 Å². The van der Waals surface area contributed by atoms with Crippen molar-refractivity contribution in [1.82, 2.24) is 30.2 Å². The standard InChI is InChI=1S/C22H22F2N6O2/c23-22(24)10-18(30(15-22)20(31)9-17-7-4-8-25-11-17)13-29-14-19(27-28-29)21(32)26-12-16-5-2-1-3-6-16/h1-8,11,14,18H,9-10,12-13,15H2,(H,26,32)/t18-/m0/s1. The molecular weight excluding hydrogens is 418 g/mol. The summed E-state index contributed by atoms with van der Waals surface area (Å²) in [6.45, 7) is -0.290. The Bertz CT molecular complexity index is 1070. The van der Waals surface area contributed by atoms with Gasteiger partial charge in [-0.15, -0.1) is 5.10 Å². The highest BCUT2D eigenvalue weighted by Gasteiger charge is 2.47. The largest absolute Gasteiger partial charge is 0.347 e. The summed E-state index contributed by atoms with van der Waals surface area (Å²) < 4.78 is 29.6. The van der Waals surface area contributed by atoms with Crippen molar-refractivity contribution in [2.45, 2.75) is 37.9 Å². The zero-order chi connectivity index (χ0) is 22.6. The Kier molecular flexibility index (Phi) is 6.20. The third kappa shape index (κ3) is 5.32. The Balaban J connectivity index is 1.39. The monoisotopic (exact) mass is 440 g/mol. The lowest BCUT2D eigenvalue weighted by Crippen LogP contribution is -2.39. The highest BCUT2D eigenvalue weighted by molar-refractivity contribution is 5.91. The summed E-state index contributed by atoms with van der Waals surface area (Å²) in [4.78, 5) is 30.2. The van der Waals surface area contributed by atoms with E-state index in [0.29, 0.717) is 12.1 Å². The van der Waals surface area contributed by atoms with Crippen LogP contribution in [0.25, 0.3) is 0 Å². The van der Waals surface area contributed by atoms with Gasteiger partial charge in [0.1, 0.15) is 0 Å². The average Bonchev–Trinajstić information content (AvgIpc) is 3.37. The lowest BCUT2D eigenvalue weighted by Gasteiger charge is -2.23. The molecule has 0 radical (unpaired) electrons. The highest BCUT2D eigenvalue weighted by Crippen LogP contribution is 2.33. The fraction of sp³-hybridized carbons (Fsp3) is 0.318. The van der Waals surface area contributed by atoms with Gasteiger partial charge >= 0.3 is 0 Å². The molecule has 2 amide bonds. The quantitative estimate of drug-likeness (QED) is 0.607. The molecule has 1 fully saturated rings. The van der Waals surface area contributed by atoms with Gasteiger partial charge < -0.3 is 10.2 Å². The summed E-state index contributed by atoms with van der Waals surface area (Å²) in [6, 6.07) is 12.1. The molecule has 1 aliphatic heterocycles. The number of carbonyl (C=O) groups excluding carboxylic acids is 2. The van der Waals surface area contributed by atoms with Gasteiger partial charge in [0, 0.05) is 25.4 Å². The Morgan fingerprint density at radius 2 is 1.91 bits per heavy atom. The van der Waals surface area contributed by atoms with Crippen LogP contribution in [0.4, 0.5) is 8.78 Å². The SMILES string of the molecule is O=C(NCc1ccccc1)c1cn(C[C@@H]2CC(F)(F)CN2C(=O)Cc2cccnc2)nn1. The highest BCUT2D eigenvalue weighted by atomic mass is 19.3. The molecule has 1 aromatic carbocycles. The van der Waals surface area contributed by atoms with E-state index in [-0.39, 0.29) is 18.7 Å². The van der Waals surface area contributed by atoms with Crippen LogP contribution in [0.5, 0.6) is 0 Å². The van der Waals surface area contributed by atoms with Crippen molar-refractivity contribution in [3.8, 4) is 0 Å². The molecule has 0 bridgehead atoms. The number of alkyl halides is 2. The third-order valence-corrected chi connectivity index (χ3v) is 5.24. The average molecular weight is 440 g/mol. The molecule has 3 aromatic rings. The fourth-order valence-electron chi connectivity index (χ4n) is 3.71. The van der Waals surface area contributed by atoms with Crippen LogP contribution < -0.4 is 5.32 Å². The fourth-order valence-corrected chi connectivity index (χ4v) is 3.71. The summed E-state index contributed by atoms with van der Waals surface area (Å²) in [5.74, 6) is -3.80. The van der Waals surface area contributed by atoms with Crippen LogP contribution in [0.2, 0.25) is 0 Å². The van der Waals surface area contributed by atoms with Crippen LogP contribution in [0.15, 0.2) is 61.1 Å². The number of halogens is 2. The van der Waals surface area contributed by atoms with E-state index in [0.717, 1.165) is 5.56 Å². The van der Waals surface area contributed by atoms with E-state index < -0.39 is 36.7 Å². The van der Waals surface area contributed by atoms with Gasteiger partial charge in [0.25, 0.3) is 11.8 Å². The minimum atomic E-state index is -2.98. The first-order chi connectivity index (χ1) is 15.4. The number of nitrogens with one attached hydrogen (secondary N) is 1. The second-order valence-corrected chi connectivity index (χ2v) is 7.77. The number of pyridine rings is 1. The summed E-state index contributed by atoms with van der Waals surface area (Å²) >= 11 is 0. The molecule has 0 aliphatic carbocycles. The van der Waals surface area contributed by atoms with Crippen molar-refractivity contribution in [3.63, 3.8) is 0 Å². The van der Waals surface area contributed by atoms with Crippen LogP contribution in [0, 0.1) is 0 Å². The van der Waals surface area contributed by atoms with E-state index in [4.69, 9.17) is 0 Å². The molecule has 0 spiro atoms. The molecule has 2 aromatic heterocycles. The second kappa shape index (κ2) is 9.21. The van der Waals surface area contributed by atoms with Crippen molar-refractivity contribution < 1.29 is 18.4 Å². The summed E-state index contributed by atoms with van der Waals surface area (Å²) in [6.07, 6.45) is 4.05. The van der Waals surface area contributed by atoms with Crippen molar-refractivity contribution in [3.05, 3.63) is 77.9 Å². The first-order valence-electron chi connectivity index (χ1n) is 10.2. The maximum atomic E-state index is 14.1. The second-order valence-electron chi connectivity index (χ2n) is 7.77. The number of nitrogens with zero attached hydrogens (tertiary/aromatic N) is 5. The van der Waals surface area contributed by atoms with Gasteiger partial charge in [-0.2, -0.15) is 0 Å². The van der Waals surface area contributed by atoms with E-state index in [1.54, 1.807) is 24.5 Å². The Labute approximate surface area is 183 Å². The first kappa shape index (κ1) is 21.5. The number of likely N-dealkylation sites (tertiary alicyclic amines) is 1. The number of carbonyl (C=O) groups is 2. The molecule has 166 valence electrons. The molecule has 4 rings (SSSR count). The van der Waals surface area contributed by atoms with Gasteiger partial charge in [-0.25, -0.2) is 13.5 Å². The van der Waals surface area contributed by atoms with E-state index in [2.05, 4.69) is 20.6 Å². The molecule has 0 saturated carbocycles. The van der Waals surface area contributed by atoms with Crippen LogP contribution in [0.3, 0.4) is 0 Å². The summed E-state index contributed by atoms with van der Waals surface area (Å²) in [5.41, 5.74) is 1.67. The topological polar surface area (TPSA) is 93.0 Å². The van der Waals surface area contributed by atoms with Gasteiger partial charge in [0.15, 0.2) is 5.69 Å². The smallest absolute Gasteiger partial charge is 0.273 e. The molecule has 0 unspecified atom stereocenters. The molecule has 8 nitrogen and oxygen atoms in total. The number of benzene rings is 1. The maximum absolute atomic E-state index is 14.1. The molecule has 1 aliphatic rings. The van der Waals surface area contributed by atoms with E-state index in [9.17, 15) is 18.4 Å². The van der Waals surface area contributed by atoms with Gasteiger partial charge in [0.2, 0.25) is 5.91 Å². The van der Waals surface area contributed by atoms with Crippen molar-refractivity contribution in [2.75, 3.05) is 6.54 Å². The predicted molar refractivity (Wildman–Crippen MR) is 111 cm³/mol. The zero-order valence-electron chi connectivity index (χ0n) is 17.2. The predicted octanol–water partition coefficient (Wildman–Crippen LogP) is 2.08. The van der Waals surface area contributed by atoms with Crippen molar-refractivity contribution in [2.24, 2.45) is 0 Å². The van der Waals surface area contributed by atoms with Crippen LogP contribution >= 0.6 is 0 Å². The van der Waals surface area contributed by atoms with Gasteiger partial charge in [-0.05, 0) is 17.2 Å². The number of aromatic nitrogens is 4. The van der Waals surface area contributed by atoms with E-state index in [1.807, 2.05) is 30.3 Å². The van der Waals surface area contributed by atoms with E-state index >= 15 is 0 Å². The lowest BCUT2D eigenvalue weighted by atomic mass is 10.1. The van der Waals surface area contributed by atoms with Crippen LogP contribution in [0.1, 0.15) is 28.0 Å². The Hall–Kier alpha value is -3.69. The lowest BCUT2D eigenvalue weighted by molar-refractivity contribution is -0.132. The normalized spacial score (nSPS) is 17.3. The number of amides is 2. The molecule has 1 saturated heterocycles. The molecule has 32 heavy (non-hydrogen) atoms. The van der Waals surface area contributed by atoms with Gasteiger partial charge in [-0.3, -0.25) is 14.6 Å². The third-order valence-electron chi connectivity index (χ3n) is 5.24. The first-order valence-corrected chi connectivity index (χ1v) is 10.2. The zero-order valence-corrected chi connectivity index (χ0v) is 17.2. The van der Waals surface area contributed by atoms with E-state index in [1.165, 1.54) is 15.8 Å². The Morgan fingerprint density at radius 3 is 2.66 bits per heavy atom. The summed E-state index contributed by atoms with van der Waals surface area (Å²) in [7, 11) is 0.